The second-order valence-electron chi connectivity index (χ2n) is 9.99. The van der Waals surface area contributed by atoms with E-state index in [9.17, 15) is 9.18 Å². The molecule has 198 valence electrons. The number of anilines is 2. The number of imidazole rings is 1. The summed E-state index contributed by atoms with van der Waals surface area (Å²) in [5.74, 6) is -0.226. The van der Waals surface area contributed by atoms with Gasteiger partial charge in [-0.05, 0) is 71.9 Å². The van der Waals surface area contributed by atoms with E-state index in [1.165, 1.54) is 12.5 Å². The molecule has 0 radical (unpaired) electrons. The molecule has 0 atom stereocenters. The monoisotopic (exact) mass is 572 g/mol. The first kappa shape index (κ1) is 26.1. The van der Waals surface area contributed by atoms with Gasteiger partial charge in [0, 0.05) is 49.4 Å². The van der Waals surface area contributed by atoms with E-state index in [1.807, 2.05) is 6.07 Å². The van der Waals surface area contributed by atoms with E-state index in [1.54, 1.807) is 26.4 Å². The van der Waals surface area contributed by atoms with Crippen LogP contribution in [-0.2, 0) is 9.47 Å². The highest BCUT2D eigenvalue weighted by Crippen LogP contribution is 2.37. The van der Waals surface area contributed by atoms with Gasteiger partial charge in [0.1, 0.15) is 5.82 Å². The number of benzene rings is 2. The number of rotatable bonds is 7. The van der Waals surface area contributed by atoms with Gasteiger partial charge in [-0.25, -0.2) is 9.37 Å². The minimum absolute atomic E-state index is 0.0151. The number of amides is 1. The number of carbonyl (C=O) groups is 1. The van der Waals surface area contributed by atoms with Gasteiger partial charge in [0.15, 0.2) is 6.29 Å². The van der Waals surface area contributed by atoms with Crippen molar-refractivity contribution in [1.82, 2.24) is 9.55 Å². The number of fused-ring (bicyclic) bond motifs is 1. The van der Waals surface area contributed by atoms with Crippen molar-refractivity contribution < 1.29 is 18.7 Å². The first-order valence-electron chi connectivity index (χ1n) is 13.1. The Morgan fingerprint density at radius 1 is 1.08 bits per heavy atom. The molecule has 37 heavy (non-hydrogen) atoms. The van der Waals surface area contributed by atoms with Gasteiger partial charge in [-0.15, -0.1) is 0 Å². The van der Waals surface area contributed by atoms with Gasteiger partial charge >= 0.3 is 0 Å². The van der Waals surface area contributed by atoms with Crippen molar-refractivity contribution in [3.63, 3.8) is 0 Å². The largest absolute Gasteiger partial charge is 0.371 e. The van der Waals surface area contributed by atoms with Crippen molar-refractivity contribution in [1.29, 1.82) is 0 Å². The predicted molar refractivity (Wildman–Crippen MR) is 147 cm³/mol. The predicted octanol–water partition coefficient (Wildman–Crippen LogP) is 6.53. The summed E-state index contributed by atoms with van der Waals surface area (Å²) in [6.07, 6.45) is 7.38. The molecule has 1 aliphatic carbocycles. The zero-order chi connectivity index (χ0) is 25.9. The number of piperidine rings is 1. The van der Waals surface area contributed by atoms with Crippen LogP contribution in [0.4, 0.5) is 16.0 Å². The lowest BCUT2D eigenvalue weighted by Crippen LogP contribution is -2.39. The van der Waals surface area contributed by atoms with Crippen LogP contribution in [0.5, 0.6) is 0 Å². The van der Waals surface area contributed by atoms with Crippen molar-refractivity contribution in [2.75, 3.05) is 37.5 Å². The van der Waals surface area contributed by atoms with E-state index in [2.05, 4.69) is 42.8 Å². The topological polar surface area (TPSA) is 68.6 Å². The maximum atomic E-state index is 14.5. The molecule has 1 aromatic heterocycles. The Bertz CT molecular complexity index is 1230. The first-order chi connectivity index (χ1) is 18.0. The molecule has 2 heterocycles. The standard InChI is InChI=1S/C28H34BrFN4O3/c1-36-27(37-2)18-13-15-33(16-14-18)20-11-12-23-24(17-20)34(19-7-4-3-5-8-19)28(31-23)32-26(35)25-21(29)9-6-10-22(25)30/h6,9-12,17-19,27H,3-5,7-8,13-16H2,1-2H3,(H,31,32,35). The summed E-state index contributed by atoms with van der Waals surface area (Å²) in [6, 6.07) is 11.1. The summed E-state index contributed by atoms with van der Waals surface area (Å²) >= 11 is 3.32. The van der Waals surface area contributed by atoms with Crippen LogP contribution in [0.25, 0.3) is 11.0 Å². The number of nitrogens with zero attached hydrogens (tertiary/aromatic N) is 3. The molecule has 1 saturated heterocycles. The van der Waals surface area contributed by atoms with E-state index >= 15 is 0 Å². The summed E-state index contributed by atoms with van der Waals surface area (Å²) in [4.78, 5) is 20.3. The molecular formula is C28H34BrFN4O3. The fourth-order valence-electron chi connectivity index (χ4n) is 5.86. The van der Waals surface area contributed by atoms with Gasteiger partial charge in [-0.2, -0.15) is 0 Å². The summed E-state index contributed by atoms with van der Waals surface area (Å²) < 4.78 is 28.1. The van der Waals surface area contributed by atoms with Crippen LogP contribution in [0.15, 0.2) is 40.9 Å². The number of halogens is 2. The lowest BCUT2D eigenvalue weighted by molar-refractivity contribution is -0.141. The minimum Gasteiger partial charge on any atom is -0.371 e. The molecule has 2 fully saturated rings. The zero-order valence-electron chi connectivity index (χ0n) is 21.4. The van der Waals surface area contributed by atoms with Gasteiger partial charge < -0.3 is 18.9 Å². The van der Waals surface area contributed by atoms with Crippen LogP contribution in [0.3, 0.4) is 0 Å². The summed E-state index contributed by atoms with van der Waals surface area (Å²) in [5, 5.41) is 2.93. The molecule has 2 aliphatic rings. The van der Waals surface area contributed by atoms with Crippen molar-refractivity contribution in [3.05, 3.63) is 52.3 Å². The number of methoxy groups -OCH3 is 2. The molecule has 7 nitrogen and oxygen atoms in total. The number of ether oxygens (including phenoxy) is 2. The van der Waals surface area contributed by atoms with E-state index in [4.69, 9.17) is 14.5 Å². The molecule has 1 N–H and O–H groups in total. The molecule has 9 heteroatoms. The second kappa shape index (κ2) is 11.5. The Balaban J connectivity index is 1.46. The Morgan fingerprint density at radius 2 is 1.81 bits per heavy atom. The highest BCUT2D eigenvalue weighted by molar-refractivity contribution is 9.10. The summed E-state index contributed by atoms with van der Waals surface area (Å²) in [6.45, 7) is 1.84. The third-order valence-electron chi connectivity index (χ3n) is 7.78. The van der Waals surface area contributed by atoms with Crippen LogP contribution in [-0.4, -0.2) is 49.1 Å². The lowest BCUT2D eigenvalue weighted by atomic mass is 9.95. The number of carbonyl (C=O) groups excluding carboxylic acids is 1. The van der Waals surface area contributed by atoms with Gasteiger partial charge in [-0.3, -0.25) is 10.1 Å². The Hall–Kier alpha value is -2.49. The van der Waals surface area contributed by atoms with Crippen LogP contribution >= 0.6 is 15.9 Å². The Kier molecular flexibility index (Phi) is 8.12. The number of hydrogen-bond acceptors (Lipinski definition) is 5. The average Bonchev–Trinajstić information content (AvgIpc) is 3.27. The van der Waals surface area contributed by atoms with E-state index in [0.29, 0.717) is 16.3 Å². The molecule has 0 bridgehead atoms. The highest BCUT2D eigenvalue weighted by Gasteiger charge is 2.28. The number of nitrogens with one attached hydrogen (secondary N) is 1. The van der Waals surface area contributed by atoms with Gasteiger partial charge in [0.2, 0.25) is 5.95 Å². The third-order valence-corrected chi connectivity index (χ3v) is 8.44. The van der Waals surface area contributed by atoms with Crippen molar-refractivity contribution in [3.8, 4) is 0 Å². The maximum Gasteiger partial charge on any atom is 0.262 e. The smallest absolute Gasteiger partial charge is 0.262 e. The van der Waals surface area contributed by atoms with E-state index < -0.39 is 11.7 Å². The van der Waals surface area contributed by atoms with Gasteiger partial charge in [0.25, 0.3) is 5.91 Å². The van der Waals surface area contributed by atoms with Crippen LogP contribution in [0, 0.1) is 11.7 Å². The van der Waals surface area contributed by atoms with Crippen LogP contribution < -0.4 is 10.2 Å². The lowest BCUT2D eigenvalue weighted by Gasteiger charge is -2.36. The van der Waals surface area contributed by atoms with Crippen molar-refractivity contribution in [2.45, 2.75) is 57.3 Å². The van der Waals surface area contributed by atoms with Gasteiger partial charge in [0.05, 0.1) is 16.6 Å². The highest BCUT2D eigenvalue weighted by atomic mass is 79.9. The molecule has 0 spiro atoms. The van der Waals surface area contributed by atoms with E-state index in [0.717, 1.165) is 68.3 Å². The molecular weight excluding hydrogens is 539 g/mol. The van der Waals surface area contributed by atoms with Crippen LogP contribution in [0.2, 0.25) is 0 Å². The average molecular weight is 574 g/mol. The molecule has 3 aromatic rings. The molecule has 1 saturated carbocycles. The fraction of sp³-hybridized carbons (Fsp3) is 0.500. The summed E-state index contributed by atoms with van der Waals surface area (Å²) in [5.41, 5.74) is 2.95. The van der Waals surface area contributed by atoms with E-state index in [-0.39, 0.29) is 17.9 Å². The fourth-order valence-corrected chi connectivity index (χ4v) is 6.39. The Labute approximate surface area is 225 Å². The zero-order valence-corrected chi connectivity index (χ0v) is 23.0. The van der Waals surface area contributed by atoms with Crippen molar-refractivity contribution in [2.24, 2.45) is 5.92 Å². The first-order valence-corrected chi connectivity index (χ1v) is 13.9. The number of hydrogen-bond donors (Lipinski definition) is 1. The Morgan fingerprint density at radius 3 is 2.49 bits per heavy atom. The minimum atomic E-state index is -0.568. The second-order valence-corrected chi connectivity index (χ2v) is 10.8. The third kappa shape index (κ3) is 5.40. The quantitative estimate of drug-likeness (QED) is 0.326. The van der Waals surface area contributed by atoms with Crippen molar-refractivity contribution >= 4 is 44.5 Å². The molecule has 5 rings (SSSR count). The molecule has 0 unspecified atom stereocenters. The molecule has 1 amide bonds. The van der Waals surface area contributed by atoms with Crippen LogP contribution in [0.1, 0.15) is 61.3 Å². The SMILES string of the molecule is COC(OC)C1CCN(c2ccc3nc(NC(=O)c4c(F)cccc4Br)n(C4CCCCC4)c3c2)CC1. The summed E-state index contributed by atoms with van der Waals surface area (Å²) in [7, 11) is 3.39. The van der Waals surface area contributed by atoms with Gasteiger partial charge in [-0.1, -0.05) is 25.3 Å². The maximum absolute atomic E-state index is 14.5. The normalized spacial score (nSPS) is 17.6. The molecule has 2 aromatic carbocycles. The molecule has 1 aliphatic heterocycles. The number of aromatic nitrogens is 2.